The monoisotopic (exact) mass is 196 g/mol. The summed E-state index contributed by atoms with van der Waals surface area (Å²) in [6.45, 7) is 3.32. The van der Waals surface area contributed by atoms with Crippen LogP contribution < -0.4 is 9.47 Å². The van der Waals surface area contributed by atoms with Crippen molar-refractivity contribution in [2.75, 3.05) is 13.7 Å². The molecule has 0 saturated carbocycles. The number of methoxy groups -OCH3 is 1. The highest BCUT2D eigenvalue weighted by atomic mass is 19.1. The van der Waals surface area contributed by atoms with Crippen molar-refractivity contribution < 1.29 is 13.9 Å². The van der Waals surface area contributed by atoms with E-state index in [-0.39, 0.29) is 6.61 Å². The maximum atomic E-state index is 12.7. The van der Waals surface area contributed by atoms with Crippen LogP contribution >= 0.6 is 0 Å². The first-order chi connectivity index (χ1) is 6.76. The topological polar surface area (TPSA) is 18.5 Å². The molecule has 3 heteroatoms. The van der Waals surface area contributed by atoms with Crippen molar-refractivity contribution in [2.24, 2.45) is 0 Å². The Balaban J connectivity index is 2.47. The van der Waals surface area contributed by atoms with E-state index < -0.39 is 6.17 Å². The van der Waals surface area contributed by atoms with Crippen LogP contribution in [0.25, 0.3) is 0 Å². The van der Waals surface area contributed by atoms with Gasteiger partial charge in [-0.05, 0) is 24.3 Å². The van der Waals surface area contributed by atoms with E-state index in [2.05, 4.69) is 6.58 Å². The number of ether oxygens (including phenoxy) is 2. The van der Waals surface area contributed by atoms with E-state index in [1.54, 1.807) is 31.4 Å². The highest BCUT2D eigenvalue weighted by Crippen LogP contribution is 2.17. The second-order valence-corrected chi connectivity index (χ2v) is 2.74. The number of rotatable bonds is 5. The minimum atomic E-state index is -1.13. The van der Waals surface area contributed by atoms with Gasteiger partial charge in [-0.25, -0.2) is 4.39 Å². The van der Waals surface area contributed by atoms with Crippen molar-refractivity contribution in [2.45, 2.75) is 6.17 Å². The Hall–Kier alpha value is -1.51. The normalized spacial score (nSPS) is 11.9. The van der Waals surface area contributed by atoms with E-state index >= 15 is 0 Å². The maximum absolute atomic E-state index is 12.7. The standard InChI is InChI=1S/C11H13FO2/c1-3-9(12)8-14-11-6-4-10(13-2)5-7-11/h3-7,9H,1,8H2,2H3. The fourth-order valence-corrected chi connectivity index (χ4v) is 0.916. The third-order valence-electron chi connectivity index (χ3n) is 1.72. The molecule has 0 bridgehead atoms. The Kier molecular flexibility index (Phi) is 3.98. The molecule has 14 heavy (non-hydrogen) atoms. The summed E-state index contributed by atoms with van der Waals surface area (Å²) in [4.78, 5) is 0. The summed E-state index contributed by atoms with van der Waals surface area (Å²) >= 11 is 0. The molecule has 0 aromatic heterocycles. The van der Waals surface area contributed by atoms with Crippen molar-refractivity contribution in [3.63, 3.8) is 0 Å². The second kappa shape index (κ2) is 5.27. The summed E-state index contributed by atoms with van der Waals surface area (Å²) in [5, 5.41) is 0. The van der Waals surface area contributed by atoms with Crippen LogP contribution in [0.5, 0.6) is 11.5 Å². The lowest BCUT2D eigenvalue weighted by atomic mass is 10.3. The van der Waals surface area contributed by atoms with Gasteiger partial charge in [0, 0.05) is 0 Å². The van der Waals surface area contributed by atoms with Gasteiger partial charge in [0.25, 0.3) is 0 Å². The minimum Gasteiger partial charge on any atom is -0.497 e. The highest BCUT2D eigenvalue weighted by Gasteiger charge is 2.01. The fraction of sp³-hybridized carbons (Fsp3) is 0.273. The van der Waals surface area contributed by atoms with Gasteiger partial charge in [0.05, 0.1) is 7.11 Å². The molecule has 1 rings (SSSR count). The molecule has 0 radical (unpaired) electrons. The van der Waals surface area contributed by atoms with Gasteiger partial charge >= 0.3 is 0 Å². The van der Waals surface area contributed by atoms with Gasteiger partial charge in [-0.15, -0.1) is 6.58 Å². The molecule has 0 aliphatic rings. The van der Waals surface area contributed by atoms with Crippen LogP contribution in [0.2, 0.25) is 0 Å². The van der Waals surface area contributed by atoms with Crippen LogP contribution in [0, 0.1) is 0 Å². The number of benzene rings is 1. The summed E-state index contributed by atoms with van der Waals surface area (Å²) in [6, 6.07) is 6.98. The zero-order valence-electron chi connectivity index (χ0n) is 8.07. The van der Waals surface area contributed by atoms with Crippen LogP contribution in [0.4, 0.5) is 4.39 Å². The van der Waals surface area contributed by atoms with Gasteiger partial charge in [-0.3, -0.25) is 0 Å². The Bertz CT molecular complexity index is 282. The lowest BCUT2D eigenvalue weighted by molar-refractivity contribution is 0.229. The maximum Gasteiger partial charge on any atom is 0.152 e. The van der Waals surface area contributed by atoms with Crippen LogP contribution in [0.3, 0.4) is 0 Å². The van der Waals surface area contributed by atoms with Crippen LogP contribution in [-0.4, -0.2) is 19.9 Å². The zero-order chi connectivity index (χ0) is 10.4. The van der Waals surface area contributed by atoms with Crippen LogP contribution in [0.15, 0.2) is 36.9 Å². The van der Waals surface area contributed by atoms with Crippen molar-refractivity contribution in [3.05, 3.63) is 36.9 Å². The van der Waals surface area contributed by atoms with Gasteiger partial charge in [-0.1, -0.05) is 6.08 Å². The van der Waals surface area contributed by atoms with E-state index in [0.717, 1.165) is 5.75 Å². The molecule has 0 N–H and O–H groups in total. The Morgan fingerprint density at radius 2 is 1.93 bits per heavy atom. The summed E-state index contributed by atoms with van der Waals surface area (Å²) < 4.78 is 22.8. The van der Waals surface area contributed by atoms with Crippen molar-refractivity contribution in [1.29, 1.82) is 0 Å². The third kappa shape index (κ3) is 3.09. The summed E-state index contributed by atoms with van der Waals surface area (Å²) in [6.07, 6.45) is 0.0841. The largest absolute Gasteiger partial charge is 0.497 e. The molecule has 0 spiro atoms. The Morgan fingerprint density at radius 3 is 2.43 bits per heavy atom. The van der Waals surface area contributed by atoms with E-state index in [1.807, 2.05) is 0 Å². The molecule has 0 aliphatic carbocycles. The number of halogens is 1. The van der Waals surface area contributed by atoms with E-state index in [0.29, 0.717) is 5.75 Å². The molecule has 0 fully saturated rings. The van der Waals surface area contributed by atoms with Crippen LogP contribution in [-0.2, 0) is 0 Å². The van der Waals surface area contributed by atoms with Crippen molar-refractivity contribution >= 4 is 0 Å². The lowest BCUT2D eigenvalue weighted by Crippen LogP contribution is -2.09. The molecule has 1 unspecified atom stereocenters. The first kappa shape index (κ1) is 10.6. The van der Waals surface area contributed by atoms with Gasteiger partial charge in [0.15, 0.2) is 6.17 Å². The quantitative estimate of drug-likeness (QED) is 0.674. The first-order valence-corrected chi connectivity index (χ1v) is 4.29. The number of hydrogen-bond acceptors (Lipinski definition) is 2. The molecular weight excluding hydrogens is 183 g/mol. The third-order valence-corrected chi connectivity index (χ3v) is 1.72. The number of hydrogen-bond donors (Lipinski definition) is 0. The zero-order valence-corrected chi connectivity index (χ0v) is 8.07. The molecule has 1 aromatic carbocycles. The molecule has 0 aliphatic heterocycles. The first-order valence-electron chi connectivity index (χ1n) is 4.29. The van der Waals surface area contributed by atoms with Gasteiger partial charge in [0.2, 0.25) is 0 Å². The van der Waals surface area contributed by atoms with Gasteiger partial charge < -0.3 is 9.47 Å². The lowest BCUT2D eigenvalue weighted by Gasteiger charge is -2.07. The van der Waals surface area contributed by atoms with E-state index in [4.69, 9.17) is 9.47 Å². The van der Waals surface area contributed by atoms with Crippen molar-refractivity contribution in [1.82, 2.24) is 0 Å². The molecule has 2 nitrogen and oxygen atoms in total. The molecule has 0 saturated heterocycles. The minimum absolute atomic E-state index is 0.00414. The van der Waals surface area contributed by atoms with E-state index in [1.165, 1.54) is 6.08 Å². The highest BCUT2D eigenvalue weighted by molar-refractivity contribution is 5.31. The average molecular weight is 196 g/mol. The SMILES string of the molecule is C=CC(F)COc1ccc(OC)cc1. The van der Waals surface area contributed by atoms with Gasteiger partial charge in [0.1, 0.15) is 18.1 Å². The summed E-state index contributed by atoms with van der Waals surface area (Å²) in [5.41, 5.74) is 0. The molecule has 0 heterocycles. The van der Waals surface area contributed by atoms with Gasteiger partial charge in [-0.2, -0.15) is 0 Å². The molecule has 1 aromatic rings. The Morgan fingerprint density at radius 1 is 1.36 bits per heavy atom. The Labute approximate surface area is 83.0 Å². The molecule has 1 atom stereocenters. The molecule has 76 valence electrons. The number of alkyl halides is 1. The smallest absolute Gasteiger partial charge is 0.152 e. The second-order valence-electron chi connectivity index (χ2n) is 2.74. The fourth-order valence-electron chi connectivity index (χ4n) is 0.916. The summed E-state index contributed by atoms with van der Waals surface area (Å²) in [5.74, 6) is 1.37. The predicted molar refractivity (Wildman–Crippen MR) is 53.6 cm³/mol. The summed E-state index contributed by atoms with van der Waals surface area (Å²) in [7, 11) is 1.59. The van der Waals surface area contributed by atoms with Crippen LogP contribution in [0.1, 0.15) is 0 Å². The van der Waals surface area contributed by atoms with E-state index in [9.17, 15) is 4.39 Å². The predicted octanol–water partition coefficient (Wildman–Crippen LogP) is 2.60. The average Bonchev–Trinajstić information content (AvgIpc) is 2.26. The molecular formula is C11H13FO2. The molecule has 0 amide bonds. The van der Waals surface area contributed by atoms with Crippen molar-refractivity contribution in [3.8, 4) is 11.5 Å².